The third-order valence-corrected chi connectivity index (χ3v) is 8.56. The van der Waals surface area contributed by atoms with Gasteiger partial charge in [0, 0.05) is 31.6 Å². The molecule has 4 N–H and O–H groups in total. The van der Waals surface area contributed by atoms with E-state index in [4.69, 9.17) is 9.15 Å². The van der Waals surface area contributed by atoms with Crippen LogP contribution in [0.4, 0.5) is 0 Å². The summed E-state index contributed by atoms with van der Waals surface area (Å²) < 4.78 is 10.4. The monoisotopic (exact) mass is 659 g/mol. The number of furan rings is 1. The highest BCUT2D eigenvalue weighted by molar-refractivity contribution is 5.99. The molecule has 1 unspecified atom stereocenters. The van der Waals surface area contributed by atoms with Crippen LogP contribution < -0.4 is 26.0 Å². The first-order chi connectivity index (χ1) is 23.1. The van der Waals surface area contributed by atoms with E-state index in [0.29, 0.717) is 55.8 Å². The van der Waals surface area contributed by atoms with Crippen molar-refractivity contribution in [3.8, 4) is 5.75 Å². The quantitative estimate of drug-likeness (QED) is 0.296. The van der Waals surface area contributed by atoms with Gasteiger partial charge in [-0.1, -0.05) is 44.5 Å². The van der Waals surface area contributed by atoms with Gasteiger partial charge in [-0.05, 0) is 67.1 Å². The lowest BCUT2D eigenvalue weighted by atomic mass is 9.96. The third-order valence-electron chi connectivity index (χ3n) is 8.56. The number of amides is 5. The second kappa shape index (κ2) is 17.1. The highest BCUT2D eigenvalue weighted by Gasteiger charge is 2.31. The van der Waals surface area contributed by atoms with E-state index in [-0.39, 0.29) is 24.2 Å². The number of hydrogen-bond donors (Lipinski definition) is 4. The van der Waals surface area contributed by atoms with Gasteiger partial charge in [0.2, 0.25) is 17.7 Å². The molecular formula is C36H45N5O7. The van der Waals surface area contributed by atoms with Crippen molar-refractivity contribution < 1.29 is 33.1 Å². The first-order valence-corrected chi connectivity index (χ1v) is 16.3. The second-order valence-electron chi connectivity index (χ2n) is 12.1. The van der Waals surface area contributed by atoms with Crippen molar-refractivity contribution in [2.24, 2.45) is 5.92 Å². The Morgan fingerprint density at radius 1 is 0.938 bits per heavy atom. The van der Waals surface area contributed by atoms with Crippen LogP contribution >= 0.6 is 0 Å². The van der Waals surface area contributed by atoms with Crippen LogP contribution in [0.15, 0.2) is 71.5 Å². The number of rotatable bonds is 6. The first-order valence-electron chi connectivity index (χ1n) is 16.3. The summed E-state index contributed by atoms with van der Waals surface area (Å²) in [5, 5.41) is 11.3. The number of carbonyl (C=O) groups is 5. The topological polar surface area (TPSA) is 159 Å². The van der Waals surface area contributed by atoms with Crippen LogP contribution in [-0.2, 0) is 27.3 Å². The number of methoxy groups -OCH3 is 1. The number of fused-ring (bicyclic) bond motifs is 18. The molecule has 3 aromatic rings. The van der Waals surface area contributed by atoms with Crippen molar-refractivity contribution >= 4 is 29.5 Å². The van der Waals surface area contributed by atoms with E-state index in [9.17, 15) is 24.0 Å². The standard InChI is InChI=1S/C36H45N5O7/c1-5-23(2)31-35(45)39-30(20-25-10-14-29(47-4)15-11-25)34(44)38-24(3)32(42)37-17-6-7-18-41(36(46)28-16-19-48-22-28)21-26-8-12-27(13-9-26)33(43)40-31/h8-16,19,22-24,30-31H,5-7,17-18,20-21H2,1-4H3,(H,37,42)(H,38,44)(H,39,45)(H,40,43)/t23-,24+,30-,31?/m0/s1. The maximum Gasteiger partial charge on any atom is 0.257 e. The van der Waals surface area contributed by atoms with Crippen molar-refractivity contribution in [2.75, 3.05) is 20.2 Å². The van der Waals surface area contributed by atoms with E-state index in [1.54, 1.807) is 73.5 Å². The molecule has 12 nitrogen and oxygen atoms in total. The molecule has 1 aromatic heterocycles. The highest BCUT2D eigenvalue weighted by Crippen LogP contribution is 2.16. The molecular weight excluding hydrogens is 614 g/mol. The SMILES string of the molecule is CC[C@H](C)C1NC(=O)c2ccc(cc2)CN(C(=O)c2ccoc2)CCCCNC(=O)[C@@H](C)NC(=O)[C@H](Cc2ccc(OC)cc2)NC1=O. The third kappa shape index (κ3) is 9.69. The summed E-state index contributed by atoms with van der Waals surface area (Å²) in [7, 11) is 1.56. The van der Waals surface area contributed by atoms with Crippen LogP contribution in [0.1, 0.15) is 71.9 Å². The van der Waals surface area contributed by atoms with Gasteiger partial charge in [-0.15, -0.1) is 0 Å². The Labute approximate surface area is 281 Å². The molecule has 0 radical (unpaired) electrons. The fraction of sp³-hybridized carbons (Fsp3) is 0.417. The fourth-order valence-corrected chi connectivity index (χ4v) is 5.37. The highest BCUT2D eigenvalue weighted by atomic mass is 16.5. The maximum atomic E-state index is 13.8. The number of carbonyl (C=O) groups excluding carboxylic acids is 5. The van der Waals surface area contributed by atoms with Crippen LogP contribution in [0.2, 0.25) is 0 Å². The molecule has 0 saturated heterocycles. The minimum absolute atomic E-state index is 0.145. The summed E-state index contributed by atoms with van der Waals surface area (Å²) in [6.45, 7) is 6.41. The van der Waals surface area contributed by atoms with E-state index < -0.39 is 35.8 Å². The van der Waals surface area contributed by atoms with E-state index in [0.717, 1.165) is 11.1 Å². The zero-order chi connectivity index (χ0) is 34.6. The summed E-state index contributed by atoms with van der Waals surface area (Å²) in [5.74, 6) is -1.68. The Balaban J connectivity index is 1.60. The van der Waals surface area contributed by atoms with Crippen molar-refractivity contribution in [2.45, 2.75) is 71.1 Å². The molecule has 4 atom stereocenters. The van der Waals surface area contributed by atoms with Crippen LogP contribution in [0.25, 0.3) is 0 Å². The molecule has 0 saturated carbocycles. The summed E-state index contributed by atoms with van der Waals surface area (Å²) in [5.41, 5.74) is 2.36. The van der Waals surface area contributed by atoms with Crippen molar-refractivity contribution in [1.82, 2.24) is 26.2 Å². The number of benzene rings is 2. The molecule has 0 aliphatic carbocycles. The summed E-state index contributed by atoms with van der Waals surface area (Å²) >= 11 is 0. The number of nitrogens with zero attached hydrogens (tertiary/aromatic N) is 1. The molecule has 2 aromatic carbocycles. The largest absolute Gasteiger partial charge is 0.497 e. The predicted molar refractivity (Wildman–Crippen MR) is 179 cm³/mol. The smallest absolute Gasteiger partial charge is 0.257 e. The summed E-state index contributed by atoms with van der Waals surface area (Å²) in [6, 6.07) is 12.8. The maximum absolute atomic E-state index is 13.8. The van der Waals surface area contributed by atoms with Gasteiger partial charge >= 0.3 is 0 Å². The molecule has 0 fully saturated rings. The molecule has 3 heterocycles. The minimum atomic E-state index is -1.03. The van der Waals surface area contributed by atoms with Gasteiger partial charge < -0.3 is 35.3 Å². The lowest BCUT2D eigenvalue weighted by Crippen LogP contribution is -2.58. The van der Waals surface area contributed by atoms with Gasteiger partial charge in [0.1, 0.15) is 30.1 Å². The molecule has 48 heavy (non-hydrogen) atoms. The van der Waals surface area contributed by atoms with Crippen molar-refractivity contribution in [3.05, 3.63) is 89.4 Å². The van der Waals surface area contributed by atoms with E-state index >= 15 is 0 Å². The number of nitrogens with one attached hydrogen (secondary N) is 4. The zero-order valence-corrected chi connectivity index (χ0v) is 27.9. The van der Waals surface area contributed by atoms with E-state index in [1.165, 1.54) is 12.5 Å². The summed E-state index contributed by atoms with van der Waals surface area (Å²) in [4.78, 5) is 68.7. The predicted octanol–water partition coefficient (Wildman–Crippen LogP) is 3.22. The Morgan fingerprint density at radius 3 is 2.31 bits per heavy atom. The molecule has 2 aliphatic heterocycles. The lowest BCUT2D eigenvalue weighted by molar-refractivity contribution is -0.132. The second-order valence-corrected chi connectivity index (χ2v) is 12.1. The fourth-order valence-electron chi connectivity index (χ4n) is 5.37. The van der Waals surface area contributed by atoms with Crippen molar-refractivity contribution in [3.63, 3.8) is 0 Å². The van der Waals surface area contributed by atoms with Crippen LogP contribution in [0.3, 0.4) is 0 Å². The zero-order valence-electron chi connectivity index (χ0n) is 27.9. The van der Waals surface area contributed by atoms with Gasteiger partial charge in [-0.25, -0.2) is 0 Å². The van der Waals surface area contributed by atoms with Gasteiger partial charge in [0.15, 0.2) is 0 Å². The first kappa shape index (κ1) is 35.7. The van der Waals surface area contributed by atoms with E-state index in [2.05, 4.69) is 21.3 Å². The molecule has 12 heteroatoms. The van der Waals surface area contributed by atoms with E-state index in [1.807, 2.05) is 13.8 Å². The Kier molecular flexibility index (Phi) is 12.8. The normalized spacial score (nSPS) is 20.8. The molecule has 5 rings (SSSR count). The van der Waals surface area contributed by atoms with Crippen LogP contribution in [-0.4, -0.2) is 72.8 Å². The molecule has 5 amide bonds. The lowest BCUT2D eigenvalue weighted by Gasteiger charge is -2.27. The van der Waals surface area contributed by atoms with Gasteiger partial charge in [-0.2, -0.15) is 0 Å². The van der Waals surface area contributed by atoms with Gasteiger partial charge in [0.25, 0.3) is 11.8 Å². The number of ether oxygens (including phenoxy) is 1. The summed E-state index contributed by atoms with van der Waals surface area (Å²) in [6.07, 6.45) is 4.78. The van der Waals surface area contributed by atoms with Gasteiger partial charge in [0.05, 0.1) is 18.9 Å². The molecule has 2 bridgehead atoms. The Hall–Kier alpha value is -5.13. The van der Waals surface area contributed by atoms with Crippen LogP contribution in [0, 0.1) is 5.92 Å². The van der Waals surface area contributed by atoms with Crippen molar-refractivity contribution in [1.29, 1.82) is 0 Å². The van der Waals surface area contributed by atoms with Crippen LogP contribution in [0.5, 0.6) is 5.75 Å². The van der Waals surface area contributed by atoms with Gasteiger partial charge in [-0.3, -0.25) is 24.0 Å². The average molecular weight is 660 g/mol. The Morgan fingerprint density at radius 2 is 1.67 bits per heavy atom. The molecule has 256 valence electrons. The molecule has 2 aliphatic rings. The Bertz CT molecular complexity index is 1540. The number of hydrogen-bond acceptors (Lipinski definition) is 7. The minimum Gasteiger partial charge on any atom is -0.497 e. The molecule has 0 spiro atoms. The average Bonchev–Trinajstić information content (AvgIpc) is 3.64.